The molecule has 0 amide bonds. The van der Waals surface area contributed by atoms with Crippen LogP contribution in [0.15, 0.2) is 6.07 Å². The summed E-state index contributed by atoms with van der Waals surface area (Å²) < 4.78 is 0. The highest BCUT2D eigenvalue weighted by atomic mass is 15.1. The maximum absolute atomic E-state index is 4.60. The molecule has 1 saturated carbocycles. The highest BCUT2D eigenvalue weighted by molar-refractivity contribution is 5.29. The second kappa shape index (κ2) is 6.17. The Morgan fingerprint density at radius 1 is 1.22 bits per heavy atom. The second-order valence-electron chi connectivity index (χ2n) is 5.80. The lowest BCUT2D eigenvalue weighted by atomic mass is 9.89. The first-order valence-electron chi connectivity index (χ1n) is 7.24. The molecular weight excluding hydrogens is 222 g/mol. The number of aromatic nitrogens is 2. The topological polar surface area (TPSA) is 37.8 Å². The maximum atomic E-state index is 4.60. The summed E-state index contributed by atoms with van der Waals surface area (Å²) in [7, 11) is 0. The molecular formula is C15H25N3. The molecule has 0 spiro atoms. The van der Waals surface area contributed by atoms with Gasteiger partial charge in [0.15, 0.2) is 0 Å². The number of aryl methyl sites for hydroxylation is 1. The molecule has 0 bridgehead atoms. The van der Waals surface area contributed by atoms with Crippen LogP contribution in [0.4, 0.5) is 5.95 Å². The van der Waals surface area contributed by atoms with Crippen molar-refractivity contribution >= 4 is 5.95 Å². The normalized spacial score (nSPS) is 17.1. The molecule has 2 rings (SSSR count). The van der Waals surface area contributed by atoms with E-state index in [-0.39, 0.29) is 0 Å². The van der Waals surface area contributed by atoms with Crippen LogP contribution >= 0.6 is 0 Å². The van der Waals surface area contributed by atoms with Gasteiger partial charge in [0, 0.05) is 17.9 Å². The Kier molecular flexibility index (Phi) is 4.56. The summed E-state index contributed by atoms with van der Waals surface area (Å²) in [4.78, 5) is 9.07. The molecule has 1 aromatic rings. The molecule has 0 unspecified atom stereocenters. The minimum absolute atomic E-state index is 0.460. The van der Waals surface area contributed by atoms with E-state index in [0.29, 0.717) is 5.92 Å². The Bertz CT molecular complexity index is 381. The van der Waals surface area contributed by atoms with E-state index >= 15 is 0 Å². The summed E-state index contributed by atoms with van der Waals surface area (Å²) in [5, 5.41) is 3.43. The molecule has 18 heavy (non-hydrogen) atoms. The van der Waals surface area contributed by atoms with Crippen molar-refractivity contribution in [1.82, 2.24) is 9.97 Å². The zero-order chi connectivity index (χ0) is 13.0. The molecule has 0 radical (unpaired) electrons. The number of nitrogens with zero attached hydrogens (tertiary/aromatic N) is 2. The standard InChI is InChI=1S/C15H25N3/c1-11(2)14-9-12(3)17-15(18-14)16-10-13-7-5-4-6-8-13/h9,11,13H,4-8,10H2,1-3H3,(H,16,17,18). The van der Waals surface area contributed by atoms with E-state index in [1.807, 2.05) is 6.92 Å². The quantitative estimate of drug-likeness (QED) is 0.876. The fourth-order valence-corrected chi connectivity index (χ4v) is 2.59. The van der Waals surface area contributed by atoms with E-state index in [1.54, 1.807) is 0 Å². The predicted molar refractivity (Wildman–Crippen MR) is 75.9 cm³/mol. The Labute approximate surface area is 110 Å². The van der Waals surface area contributed by atoms with Gasteiger partial charge in [0.05, 0.1) is 0 Å². The van der Waals surface area contributed by atoms with E-state index in [0.717, 1.165) is 29.8 Å². The Morgan fingerprint density at radius 2 is 1.94 bits per heavy atom. The lowest BCUT2D eigenvalue weighted by Gasteiger charge is -2.22. The zero-order valence-corrected chi connectivity index (χ0v) is 11.9. The Hall–Kier alpha value is -1.12. The summed E-state index contributed by atoms with van der Waals surface area (Å²) in [5.41, 5.74) is 2.19. The minimum atomic E-state index is 0.460. The maximum Gasteiger partial charge on any atom is 0.223 e. The first-order chi connectivity index (χ1) is 8.65. The van der Waals surface area contributed by atoms with Crippen LogP contribution in [0.2, 0.25) is 0 Å². The van der Waals surface area contributed by atoms with Crippen LogP contribution < -0.4 is 5.32 Å². The van der Waals surface area contributed by atoms with Crippen molar-refractivity contribution in [3.05, 3.63) is 17.5 Å². The minimum Gasteiger partial charge on any atom is -0.354 e. The summed E-state index contributed by atoms with van der Waals surface area (Å²) in [5.74, 6) is 2.08. The highest BCUT2D eigenvalue weighted by Gasteiger charge is 2.14. The third kappa shape index (κ3) is 3.69. The molecule has 1 aliphatic carbocycles. The van der Waals surface area contributed by atoms with E-state index in [1.165, 1.54) is 32.1 Å². The van der Waals surface area contributed by atoms with Crippen molar-refractivity contribution in [2.45, 2.75) is 58.8 Å². The smallest absolute Gasteiger partial charge is 0.223 e. The monoisotopic (exact) mass is 247 g/mol. The summed E-state index contributed by atoms with van der Waals surface area (Å²) in [6.45, 7) is 7.42. The van der Waals surface area contributed by atoms with Gasteiger partial charge in [-0.05, 0) is 37.7 Å². The van der Waals surface area contributed by atoms with Gasteiger partial charge in [-0.25, -0.2) is 9.97 Å². The number of hydrogen-bond acceptors (Lipinski definition) is 3. The molecule has 3 heteroatoms. The van der Waals surface area contributed by atoms with Gasteiger partial charge in [0.2, 0.25) is 5.95 Å². The van der Waals surface area contributed by atoms with Gasteiger partial charge in [-0.2, -0.15) is 0 Å². The molecule has 0 aromatic carbocycles. The first-order valence-corrected chi connectivity index (χ1v) is 7.24. The van der Waals surface area contributed by atoms with Crippen LogP contribution in [0.25, 0.3) is 0 Å². The SMILES string of the molecule is Cc1cc(C(C)C)nc(NCC2CCCCC2)n1. The third-order valence-corrected chi connectivity index (χ3v) is 3.74. The Morgan fingerprint density at radius 3 is 2.61 bits per heavy atom. The van der Waals surface area contributed by atoms with Gasteiger partial charge in [0.25, 0.3) is 0 Å². The predicted octanol–water partition coefficient (Wildman–Crippen LogP) is 3.90. The summed E-state index contributed by atoms with van der Waals surface area (Å²) in [6, 6.07) is 2.08. The van der Waals surface area contributed by atoms with Crippen molar-refractivity contribution < 1.29 is 0 Å². The molecule has 0 saturated heterocycles. The van der Waals surface area contributed by atoms with Gasteiger partial charge in [0.1, 0.15) is 0 Å². The van der Waals surface area contributed by atoms with Crippen LogP contribution in [-0.4, -0.2) is 16.5 Å². The van der Waals surface area contributed by atoms with Gasteiger partial charge in [-0.3, -0.25) is 0 Å². The molecule has 1 fully saturated rings. The van der Waals surface area contributed by atoms with Crippen molar-refractivity contribution in [1.29, 1.82) is 0 Å². The lowest BCUT2D eigenvalue weighted by Crippen LogP contribution is -2.18. The van der Waals surface area contributed by atoms with Crippen molar-refractivity contribution in [3.63, 3.8) is 0 Å². The fraction of sp³-hybridized carbons (Fsp3) is 0.733. The molecule has 0 atom stereocenters. The summed E-state index contributed by atoms with van der Waals surface area (Å²) >= 11 is 0. The van der Waals surface area contributed by atoms with Crippen molar-refractivity contribution in [2.75, 3.05) is 11.9 Å². The number of anilines is 1. The van der Waals surface area contributed by atoms with Crippen LogP contribution in [0.1, 0.15) is 63.3 Å². The van der Waals surface area contributed by atoms with Gasteiger partial charge in [-0.15, -0.1) is 0 Å². The highest BCUT2D eigenvalue weighted by Crippen LogP contribution is 2.23. The fourth-order valence-electron chi connectivity index (χ4n) is 2.59. The van der Waals surface area contributed by atoms with E-state index < -0.39 is 0 Å². The first kappa shape index (κ1) is 13.3. The lowest BCUT2D eigenvalue weighted by molar-refractivity contribution is 0.373. The molecule has 1 aromatic heterocycles. The van der Waals surface area contributed by atoms with Crippen molar-refractivity contribution in [3.8, 4) is 0 Å². The average Bonchev–Trinajstić information content (AvgIpc) is 2.37. The summed E-state index contributed by atoms with van der Waals surface area (Å²) in [6.07, 6.45) is 6.90. The molecule has 1 N–H and O–H groups in total. The number of nitrogens with one attached hydrogen (secondary N) is 1. The average molecular weight is 247 g/mol. The number of hydrogen-bond donors (Lipinski definition) is 1. The van der Waals surface area contributed by atoms with Crippen LogP contribution in [0, 0.1) is 12.8 Å². The number of rotatable bonds is 4. The second-order valence-corrected chi connectivity index (χ2v) is 5.80. The Balaban J connectivity index is 1.95. The molecule has 3 nitrogen and oxygen atoms in total. The van der Waals surface area contributed by atoms with Crippen LogP contribution in [-0.2, 0) is 0 Å². The molecule has 1 aliphatic rings. The van der Waals surface area contributed by atoms with E-state index in [2.05, 4.69) is 35.2 Å². The van der Waals surface area contributed by atoms with E-state index in [9.17, 15) is 0 Å². The molecule has 100 valence electrons. The zero-order valence-electron chi connectivity index (χ0n) is 11.9. The molecule has 1 heterocycles. The van der Waals surface area contributed by atoms with Gasteiger partial charge in [-0.1, -0.05) is 33.1 Å². The van der Waals surface area contributed by atoms with Gasteiger partial charge < -0.3 is 5.32 Å². The molecule has 0 aliphatic heterocycles. The largest absolute Gasteiger partial charge is 0.354 e. The van der Waals surface area contributed by atoms with E-state index in [4.69, 9.17) is 0 Å². The van der Waals surface area contributed by atoms with Crippen molar-refractivity contribution in [2.24, 2.45) is 5.92 Å². The van der Waals surface area contributed by atoms with Crippen LogP contribution in [0.3, 0.4) is 0 Å². The van der Waals surface area contributed by atoms with Crippen LogP contribution in [0.5, 0.6) is 0 Å². The van der Waals surface area contributed by atoms with Gasteiger partial charge >= 0.3 is 0 Å². The third-order valence-electron chi connectivity index (χ3n) is 3.74.